The van der Waals surface area contributed by atoms with E-state index in [0.29, 0.717) is 5.56 Å². The number of benzene rings is 2. The Kier molecular flexibility index (Phi) is 4.82. The fourth-order valence-corrected chi connectivity index (χ4v) is 3.14. The third-order valence-electron chi connectivity index (χ3n) is 3.86. The van der Waals surface area contributed by atoms with Gasteiger partial charge in [-0.1, -0.05) is 51.1 Å². The van der Waals surface area contributed by atoms with Crippen LogP contribution in [-0.4, -0.2) is 26.5 Å². The lowest BCUT2D eigenvalue weighted by Crippen LogP contribution is -2.19. The summed E-state index contributed by atoms with van der Waals surface area (Å²) in [6, 6.07) is 11.7. The van der Waals surface area contributed by atoms with Gasteiger partial charge >= 0.3 is 5.97 Å². The summed E-state index contributed by atoms with van der Waals surface area (Å²) in [5, 5.41) is 9.46. The predicted octanol–water partition coefficient (Wildman–Crippen LogP) is 3.26. The van der Waals surface area contributed by atoms with Crippen molar-refractivity contribution in [3.05, 3.63) is 53.6 Å². The second kappa shape index (κ2) is 6.37. The first-order valence-electron chi connectivity index (χ1n) is 7.48. The van der Waals surface area contributed by atoms with Gasteiger partial charge in [-0.3, -0.25) is 0 Å². The van der Waals surface area contributed by atoms with E-state index in [2.05, 4.69) is 25.5 Å². The van der Waals surface area contributed by atoms with E-state index in [9.17, 15) is 18.3 Å². The van der Waals surface area contributed by atoms with Crippen LogP contribution < -0.4 is 4.72 Å². The molecule has 0 bridgehead atoms. The van der Waals surface area contributed by atoms with E-state index < -0.39 is 16.0 Å². The Balaban J connectivity index is 2.57. The molecule has 2 aromatic rings. The van der Waals surface area contributed by atoms with Crippen LogP contribution in [0.2, 0.25) is 0 Å². The SMILES string of the molecule is CNS(=O)(=O)c1ccc(-c2ccc(C(C)(C)C)cc2)c(C(=O)O)c1. The number of nitrogens with one attached hydrogen (secondary N) is 1. The number of carboxylic acid groups (broad SMARTS) is 1. The van der Waals surface area contributed by atoms with Crippen LogP contribution in [0.25, 0.3) is 11.1 Å². The Bertz CT molecular complexity index is 863. The topological polar surface area (TPSA) is 83.5 Å². The third-order valence-corrected chi connectivity index (χ3v) is 5.27. The molecular weight excluding hydrogens is 326 g/mol. The van der Waals surface area contributed by atoms with Gasteiger partial charge < -0.3 is 5.11 Å². The first-order chi connectivity index (χ1) is 11.1. The molecule has 0 saturated carbocycles. The molecule has 0 aliphatic carbocycles. The molecule has 24 heavy (non-hydrogen) atoms. The van der Waals surface area contributed by atoms with Gasteiger partial charge in [0.15, 0.2) is 0 Å². The van der Waals surface area contributed by atoms with Gasteiger partial charge in [-0.15, -0.1) is 0 Å². The van der Waals surface area contributed by atoms with Crippen LogP contribution >= 0.6 is 0 Å². The van der Waals surface area contributed by atoms with E-state index in [0.717, 1.165) is 11.1 Å². The molecule has 0 saturated heterocycles. The molecule has 0 aliphatic heterocycles. The summed E-state index contributed by atoms with van der Waals surface area (Å²) < 4.78 is 25.9. The minimum Gasteiger partial charge on any atom is -0.478 e. The summed E-state index contributed by atoms with van der Waals surface area (Å²) >= 11 is 0. The second-order valence-corrected chi connectivity index (χ2v) is 8.43. The third kappa shape index (κ3) is 3.66. The van der Waals surface area contributed by atoms with Crippen LogP contribution in [0.15, 0.2) is 47.4 Å². The Labute approximate surface area is 142 Å². The highest BCUT2D eigenvalue weighted by Crippen LogP contribution is 2.29. The minimum atomic E-state index is -3.69. The number of carboxylic acids is 1. The summed E-state index contributed by atoms with van der Waals surface area (Å²) in [7, 11) is -2.41. The fraction of sp³-hybridized carbons (Fsp3) is 0.278. The molecule has 6 heteroatoms. The van der Waals surface area contributed by atoms with Gasteiger partial charge in [-0.05, 0) is 41.3 Å². The Hall–Kier alpha value is -2.18. The van der Waals surface area contributed by atoms with E-state index in [1.54, 1.807) is 0 Å². The lowest BCUT2D eigenvalue weighted by atomic mass is 9.86. The maximum atomic E-state index is 11.9. The lowest BCUT2D eigenvalue weighted by molar-refractivity contribution is 0.0697. The summed E-state index contributed by atoms with van der Waals surface area (Å²) in [6.45, 7) is 6.30. The van der Waals surface area contributed by atoms with Crippen molar-refractivity contribution in [2.45, 2.75) is 31.1 Å². The van der Waals surface area contributed by atoms with Crippen molar-refractivity contribution in [1.29, 1.82) is 0 Å². The van der Waals surface area contributed by atoms with Crippen molar-refractivity contribution in [1.82, 2.24) is 4.72 Å². The molecule has 2 aromatic carbocycles. The van der Waals surface area contributed by atoms with Crippen molar-refractivity contribution >= 4 is 16.0 Å². The zero-order valence-corrected chi connectivity index (χ0v) is 14.9. The van der Waals surface area contributed by atoms with Gasteiger partial charge in [0.1, 0.15) is 0 Å². The van der Waals surface area contributed by atoms with E-state index in [1.807, 2.05) is 24.3 Å². The highest BCUT2D eigenvalue weighted by atomic mass is 32.2. The molecule has 2 rings (SSSR count). The van der Waals surface area contributed by atoms with Gasteiger partial charge in [0.05, 0.1) is 10.5 Å². The number of rotatable bonds is 4. The monoisotopic (exact) mass is 347 g/mol. The summed E-state index contributed by atoms with van der Waals surface area (Å²) in [5.41, 5.74) is 2.30. The number of sulfonamides is 1. The molecular formula is C18H21NO4S. The molecule has 5 nitrogen and oxygen atoms in total. The van der Waals surface area contributed by atoms with Crippen molar-refractivity contribution in [2.75, 3.05) is 7.05 Å². The van der Waals surface area contributed by atoms with Crippen molar-refractivity contribution < 1.29 is 18.3 Å². The van der Waals surface area contributed by atoms with Crippen LogP contribution in [0.1, 0.15) is 36.7 Å². The van der Waals surface area contributed by atoms with Crippen molar-refractivity contribution in [2.24, 2.45) is 0 Å². The highest BCUT2D eigenvalue weighted by molar-refractivity contribution is 7.89. The molecule has 0 spiro atoms. The van der Waals surface area contributed by atoms with E-state index >= 15 is 0 Å². The number of hydrogen-bond donors (Lipinski definition) is 2. The first kappa shape index (κ1) is 18.2. The van der Waals surface area contributed by atoms with Gasteiger partial charge in [-0.25, -0.2) is 17.9 Å². The first-order valence-corrected chi connectivity index (χ1v) is 8.96. The summed E-state index contributed by atoms with van der Waals surface area (Å²) in [4.78, 5) is 11.5. The number of carbonyl (C=O) groups is 1. The summed E-state index contributed by atoms with van der Waals surface area (Å²) in [6.07, 6.45) is 0. The maximum Gasteiger partial charge on any atom is 0.336 e. The Morgan fingerprint density at radius 3 is 2.08 bits per heavy atom. The van der Waals surface area contributed by atoms with Crippen LogP contribution in [0.3, 0.4) is 0 Å². The van der Waals surface area contributed by atoms with Gasteiger partial charge in [-0.2, -0.15) is 0 Å². The van der Waals surface area contributed by atoms with Gasteiger partial charge in [0.2, 0.25) is 10.0 Å². The molecule has 0 heterocycles. The second-order valence-electron chi connectivity index (χ2n) is 6.55. The minimum absolute atomic E-state index is 0.00110. The van der Waals surface area contributed by atoms with Crippen LogP contribution in [0, 0.1) is 0 Å². The Morgan fingerprint density at radius 1 is 1.04 bits per heavy atom. The Morgan fingerprint density at radius 2 is 1.62 bits per heavy atom. The largest absolute Gasteiger partial charge is 0.478 e. The standard InChI is InChI=1S/C18H21NO4S/c1-18(2,3)13-7-5-12(6-8-13)15-10-9-14(24(22,23)19-4)11-16(15)17(20)21/h5-11,19H,1-4H3,(H,20,21). The molecule has 0 unspecified atom stereocenters. The van der Waals surface area contributed by atoms with E-state index in [1.165, 1.54) is 25.2 Å². The number of hydrogen-bond acceptors (Lipinski definition) is 3. The average Bonchev–Trinajstić information content (AvgIpc) is 2.53. The van der Waals surface area contributed by atoms with Crippen LogP contribution in [0.5, 0.6) is 0 Å². The smallest absolute Gasteiger partial charge is 0.336 e. The zero-order chi connectivity index (χ0) is 18.1. The molecule has 0 amide bonds. The van der Waals surface area contributed by atoms with Gasteiger partial charge in [0.25, 0.3) is 0 Å². The highest BCUT2D eigenvalue weighted by Gasteiger charge is 2.19. The molecule has 128 valence electrons. The number of aromatic carboxylic acids is 1. The zero-order valence-electron chi connectivity index (χ0n) is 14.1. The lowest BCUT2D eigenvalue weighted by Gasteiger charge is -2.19. The van der Waals surface area contributed by atoms with Crippen LogP contribution in [-0.2, 0) is 15.4 Å². The maximum absolute atomic E-state index is 11.9. The van der Waals surface area contributed by atoms with E-state index in [4.69, 9.17) is 0 Å². The quantitative estimate of drug-likeness (QED) is 0.889. The van der Waals surface area contributed by atoms with E-state index in [-0.39, 0.29) is 15.9 Å². The molecule has 0 aromatic heterocycles. The normalized spacial score (nSPS) is 12.2. The average molecular weight is 347 g/mol. The van der Waals surface area contributed by atoms with Crippen molar-refractivity contribution in [3.8, 4) is 11.1 Å². The molecule has 2 N–H and O–H groups in total. The van der Waals surface area contributed by atoms with Crippen LogP contribution in [0.4, 0.5) is 0 Å². The molecule has 0 aliphatic rings. The van der Waals surface area contributed by atoms with Gasteiger partial charge in [0, 0.05) is 0 Å². The molecule has 0 radical (unpaired) electrons. The van der Waals surface area contributed by atoms with Crippen molar-refractivity contribution in [3.63, 3.8) is 0 Å². The summed E-state index contributed by atoms with van der Waals surface area (Å²) in [5.74, 6) is -1.17. The predicted molar refractivity (Wildman–Crippen MR) is 93.8 cm³/mol. The fourth-order valence-electron chi connectivity index (χ4n) is 2.39. The molecule has 0 atom stereocenters. The molecule has 0 fully saturated rings.